The summed E-state index contributed by atoms with van der Waals surface area (Å²) in [4.78, 5) is 11.3. The normalized spacial score (nSPS) is 23.5. The minimum Gasteiger partial charge on any atom is -0.368 e. The molecule has 19 heavy (non-hydrogen) atoms. The zero-order valence-corrected chi connectivity index (χ0v) is 11.9. The molecule has 1 amide bonds. The first-order chi connectivity index (χ1) is 9.06. The third-order valence-corrected chi connectivity index (χ3v) is 3.81. The summed E-state index contributed by atoms with van der Waals surface area (Å²) in [5.74, 6) is 0.885. The number of amides is 1. The lowest BCUT2D eigenvalue weighted by Gasteiger charge is -2.29. The highest BCUT2D eigenvalue weighted by Gasteiger charge is 2.26. The quantitative estimate of drug-likeness (QED) is 0.872. The molecule has 1 heterocycles. The van der Waals surface area contributed by atoms with Gasteiger partial charge in [-0.3, -0.25) is 4.79 Å². The van der Waals surface area contributed by atoms with E-state index >= 15 is 0 Å². The first kappa shape index (κ1) is 14.1. The first-order valence-corrected chi connectivity index (χ1v) is 7.17. The monoisotopic (exact) mass is 260 g/mol. The van der Waals surface area contributed by atoms with Crippen molar-refractivity contribution in [2.45, 2.75) is 45.1 Å². The molecule has 1 saturated heterocycles. The lowest BCUT2D eigenvalue weighted by molar-refractivity contribution is -0.120. The van der Waals surface area contributed by atoms with Crippen LogP contribution < -0.4 is 11.1 Å². The Balaban J connectivity index is 2.10. The summed E-state index contributed by atoms with van der Waals surface area (Å²) >= 11 is 0. The van der Waals surface area contributed by atoms with Gasteiger partial charge in [0.2, 0.25) is 5.91 Å². The molecule has 0 aromatic heterocycles. The number of primary amides is 1. The number of hydrogen-bond acceptors (Lipinski definition) is 2. The standard InChI is InChI=1S/C16H24N2O/c1-11(2)8-12-4-3-5-13(9-12)14-6-7-18-15(10-14)16(17)19/h3-5,9,11,14-15,18H,6-8,10H2,1-2H3,(H2,17,19). The first-order valence-electron chi connectivity index (χ1n) is 7.17. The SMILES string of the molecule is CC(C)Cc1cccc(C2CCNC(C(N)=O)C2)c1. The summed E-state index contributed by atoms with van der Waals surface area (Å²) in [5, 5.41) is 3.19. The Bertz CT molecular complexity index is 442. The number of nitrogens with one attached hydrogen (secondary N) is 1. The van der Waals surface area contributed by atoms with Crippen LogP contribution in [0.3, 0.4) is 0 Å². The molecule has 3 N–H and O–H groups in total. The van der Waals surface area contributed by atoms with Gasteiger partial charge in [0, 0.05) is 0 Å². The highest BCUT2D eigenvalue weighted by atomic mass is 16.1. The summed E-state index contributed by atoms with van der Waals surface area (Å²) in [5.41, 5.74) is 8.14. The van der Waals surface area contributed by atoms with Crippen LogP contribution in [0.1, 0.15) is 43.7 Å². The Labute approximate surface area is 115 Å². The third-order valence-electron chi connectivity index (χ3n) is 3.81. The number of carbonyl (C=O) groups is 1. The van der Waals surface area contributed by atoms with E-state index in [4.69, 9.17) is 5.73 Å². The molecule has 1 aliphatic rings. The number of carbonyl (C=O) groups excluding carboxylic acids is 1. The molecular weight excluding hydrogens is 236 g/mol. The Morgan fingerprint density at radius 1 is 1.47 bits per heavy atom. The molecule has 2 atom stereocenters. The van der Waals surface area contributed by atoms with Gasteiger partial charge < -0.3 is 11.1 Å². The van der Waals surface area contributed by atoms with Crippen molar-refractivity contribution in [3.05, 3.63) is 35.4 Å². The van der Waals surface area contributed by atoms with Gasteiger partial charge in [-0.05, 0) is 48.8 Å². The van der Waals surface area contributed by atoms with Crippen molar-refractivity contribution < 1.29 is 4.79 Å². The lowest BCUT2D eigenvalue weighted by atomic mass is 9.85. The van der Waals surface area contributed by atoms with Gasteiger partial charge in [0.1, 0.15) is 0 Å². The fourth-order valence-corrected chi connectivity index (χ4v) is 2.88. The summed E-state index contributed by atoms with van der Waals surface area (Å²) in [6, 6.07) is 8.63. The van der Waals surface area contributed by atoms with E-state index in [1.54, 1.807) is 0 Å². The Kier molecular flexibility index (Phi) is 4.59. The summed E-state index contributed by atoms with van der Waals surface area (Å²) < 4.78 is 0. The van der Waals surface area contributed by atoms with Crippen molar-refractivity contribution in [1.29, 1.82) is 0 Å². The number of benzene rings is 1. The van der Waals surface area contributed by atoms with E-state index in [0.29, 0.717) is 11.8 Å². The molecule has 0 bridgehead atoms. The van der Waals surface area contributed by atoms with Crippen molar-refractivity contribution in [1.82, 2.24) is 5.32 Å². The number of rotatable bonds is 4. The molecule has 0 radical (unpaired) electrons. The third kappa shape index (κ3) is 3.80. The van der Waals surface area contributed by atoms with Gasteiger partial charge in [0.15, 0.2) is 0 Å². The molecule has 0 saturated carbocycles. The van der Waals surface area contributed by atoms with E-state index in [-0.39, 0.29) is 11.9 Å². The van der Waals surface area contributed by atoms with Crippen LogP contribution in [0.5, 0.6) is 0 Å². The zero-order valence-electron chi connectivity index (χ0n) is 11.9. The van der Waals surface area contributed by atoms with Crippen molar-refractivity contribution in [2.75, 3.05) is 6.54 Å². The summed E-state index contributed by atoms with van der Waals surface area (Å²) in [6.07, 6.45) is 3.01. The maximum atomic E-state index is 11.3. The number of hydrogen-bond donors (Lipinski definition) is 2. The summed E-state index contributed by atoms with van der Waals surface area (Å²) in [6.45, 7) is 5.34. The van der Waals surface area contributed by atoms with Crippen LogP contribution in [0.4, 0.5) is 0 Å². The predicted octanol–water partition coefficient (Wildman–Crippen LogP) is 2.21. The second-order valence-electron chi connectivity index (χ2n) is 5.97. The van der Waals surface area contributed by atoms with E-state index in [1.165, 1.54) is 11.1 Å². The van der Waals surface area contributed by atoms with Crippen molar-refractivity contribution in [3.8, 4) is 0 Å². The van der Waals surface area contributed by atoms with Gasteiger partial charge in [0.25, 0.3) is 0 Å². The van der Waals surface area contributed by atoms with Crippen LogP contribution in [0.2, 0.25) is 0 Å². The fourth-order valence-electron chi connectivity index (χ4n) is 2.88. The van der Waals surface area contributed by atoms with E-state index in [2.05, 4.69) is 43.4 Å². The molecule has 0 spiro atoms. The largest absolute Gasteiger partial charge is 0.368 e. The molecule has 1 aromatic rings. The zero-order chi connectivity index (χ0) is 13.8. The van der Waals surface area contributed by atoms with E-state index in [0.717, 1.165) is 25.8 Å². The predicted molar refractivity (Wildman–Crippen MR) is 77.9 cm³/mol. The topological polar surface area (TPSA) is 55.1 Å². The molecule has 2 rings (SSSR count). The average Bonchev–Trinajstić information content (AvgIpc) is 2.38. The number of piperidine rings is 1. The molecule has 1 fully saturated rings. The van der Waals surface area contributed by atoms with Gasteiger partial charge in [0.05, 0.1) is 6.04 Å². The van der Waals surface area contributed by atoms with Crippen molar-refractivity contribution in [2.24, 2.45) is 11.7 Å². The molecule has 0 aliphatic carbocycles. The van der Waals surface area contributed by atoms with E-state index in [1.807, 2.05) is 0 Å². The Morgan fingerprint density at radius 2 is 2.26 bits per heavy atom. The van der Waals surface area contributed by atoms with Crippen molar-refractivity contribution >= 4 is 5.91 Å². The Morgan fingerprint density at radius 3 is 2.95 bits per heavy atom. The smallest absolute Gasteiger partial charge is 0.234 e. The van der Waals surface area contributed by atoms with Gasteiger partial charge in [-0.2, -0.15) is 0 Å². The van der Waals surface area contributed by atoms with Crippen LogP contribution >= 0.6 is 0 Å². The van der Waals surface area contributed by atoms with Gasteiger partial charge >= 0.3 is 0 Å². The van der Waals surface area contributed by atoms with Gasteiger partial charge in [-0.15, -0.1) is 0 Å². The van der Waals surface area contributed by atoms with Gasteiger partial charge in [-0.25, -0.2) is 0 Å². The van der Waals surface area contributed by atoms with E-state index < -0.39 is 0 Å². The minimum absolute atomic E-state index is 0.174. The van der Waals surface area contributed by atoms with Crippen LogP contribution in [0.25, 0.3) is 0 Å². The molecule has 3 heteroatoms. The molecule has 1 aliphatic heterocycles. The Hall–Kier alpha value is -1.35. The van der Waals surface area contributed by atoms with Crippen LogP contribution in [-0.4, -0.2) is 18.5 Å². The maximum absolute atomic E-state index is 11.3. The maximum Gasteiger partial charge on any atom is 0.234 e. The highest BCUT2D eigenvalue weighted by molar-refractivity contribution is 5.80. The molecule has 2 unspecified atom stereocenters. The molecular formula is C16H24N2O. The van der Waals surface area contributed by atoms with Crippen LogP contribution in [0.15, 0.2) is 24.3 Å². The lowest BCUT2D eigenvalue weighted by Crippen LogP contribution is -2.46. The molecule has 3 nitrogen and oxygen atoms in total. The average molecular weight is 260 g/mol. The van der Waals surface area contributed by atoms with Gasteiger partial charge in [-0.1, -0.05) is 38.1 Å². The minimum atomic E-state index is -0.233. The molecule has 104 valence electrons. The highest BCUT2D eigenvalue weighted by Crippen LogP contribution is 2.28. The van der Waals surface area contributed by atoms with E-state index in [9.17, 15) is 4.79 Å². The summed E-state index contributed by atoms with van der Waals surface area (Å²) in [7, 11) is 0. The van der Waals surface area contributed by atoms with Crippen LogP contribution in [0, 0.1) is 5.92 Å². The van der Waals surface area contributed by atoms with Crippen molar-refractivity contribution in [3.63, 3.8) is 0 Å². The second kappa shape index (κ2) is 6.20. The van der Waals surface area contributed by atoms with Crippen LogP contribution in [-0.2, 0) is 11.2 Å². The molecule has 1 aromatic carbocycles. The fraction of sp³-hybridized carbons (Fsp3) is 0.562. The second-order valence-corrected chi connectivity index (χ2v) is 5.97. The number of nitrogens with two attached hydrogens (primary N) is 1.